The number of benzene rings is 2. The van der Waals surface area contributed by atoms with Gasteiger partial charge in [0.05, 0.1) is 18.1 Å². The van der Waals surface area contributed by atoms with Gasteiger partial charge in [-0.05, 0) is 29.8 Å². The quantitative estimate of drug-likeness (QED) is 0.730. The van der Waals surface area contributed by atoms with Crippen molar-refractivity contribution in [3.8, 4) is 17.2 Å². The molecule has 1 aromatic heterocycles. The Morgan fingerprint density at radius 1 is 1.22 bits per heavy atom. The number of hydrogen-bond donors (Lipinski definition) is 0. The number of nitrogens with zero attached hydrogens (tertiary/aromatic N) is 2. The van der Waals surface area contributed by atoms with Crippen molar-refractivity contribution in [1.82, 2.24) is 9.55 Å². The van der Waals surface area contributed by atoms with Gasteiger partial charge in [-0.1, -0.05) is 12.1 Å². The van der Waals surface area contributed by atoms with Gasteiger partial charge in [0.1, 0.15) is 5.82 Å². The predicted molar refractivity (Wildman–Crippen MR) is 85.3 cm³/mol. The maximum absolute atomic E-state index is 5.55. The molecule has 0 saturated heterocycles. The number of imidazole rings is 1. The van der Waals surface area contributed by atoms with Crippen LogP contribution in [0.1, 0.15) is 17.3 Å². The summed E-state index contributed by atoms with van der Waals surface area (Å²) >= 11 is 0. The van der Waals surface area contributed by atoms with Crippen molar-refractivity contribution in [3.63, 3.8) is 0 Å². The molecule has 1 unspecified atom stereocenters. The molecule has 5 nitrogen and oxygen atoms in total. The van der Waals surface area contributed by atoms with E-state index in [0.717, 1.165) is 35.8 Å². The summed E-state index contributed by atoms with van der Waals surface area (Å²) in [7, 11) is 1.66. The van der Waals surface area contributed by atoms with Crippen LogP contribution in [0.4, 0.5) is 0 Å². The molecular weight excluding hydrogens is 292 g/mol. The number of hydrogen-bond acceptors (Lipinski definition) is 4. The topological polar surface area (TPSA) is 45.5 Å². The second-order valence-corrected chi connectivity index (χ2v) is 5.99. The van der Waals surface area contributed by atoms with Crippen LogP contribution in [0.2, 0.25) is 0 Å². The molecule has 0 saturated carbocycles. The highest BCUT2D eigenvalue weighted by molar-refractivity contribution is 5.76. The molecule has 3 heterocycles. The first-order valence-electron chi connectivity index (χ1n) is 7.75. The average molecular weight is 308 g/mol. The average Bonchev–Trinajstić information content (AvgIpc) is 3.27. The number of aromatic nitrogens is 2. The van der Waals surface area contributed by atoms with E-state index in [2.05, 4.69) is 34.9 Å². The van der Waals surface area contributed by atoms with Crippen LogP contribution in [0.5, 0.6) is 17.2 Å². The minimum atomic E-state index is 0.256. The summed E-state index contributed by atoms with van der Waals surface area (Å²) in [5, 5.41) is 0. The zero-order valence-corrected chi connectivity index (χ0v) is 12.8. The first kappa shape index (κ1) is 12.8. The van der Waals surface area contributed by atoms with Crippen LogP contribution in [0.3, 0.4) is 0 Å². The summed E-state index contributed by atoms with van der Waals surface area (Å²) in [6, 6.07) is 12.4. The third-order valence-electron chi connectivity index (χ3n) is 4.72. The molecule has 2 aliphatic rings. The Labute approximate surface area is 133 Å². The lowest BCUT2D eigenvalue weighted by Crippen LogP contribution is -2.02. The SMILES string of the molecule is COc1cc(C2Cc3nc4ccccc4n3C2)cc2c1OCO2. The maximum atomic E-state index is 5.55. The Morgan fingerprint density at radius 2 is 2.13 bits per heavy atom. The first-order valence-corrected chi connectivity index (χ1v) is 7.75. The lowest BCUT2D eigenvalue weighted by atomic mass is 9.97. The Bertz CT molecular complexity index is 916. The molecule has 0 fully saturated rings. The fourth-order valence-electron chi connectivity index (χ4n) is 3.60. The maximum Gasteiger partial charge on any atom is 0.231 e. The summed E-state index contributed by atoms with van der Waals surface area (Å²) in [6.45, 7) is 1.19. The standard InChI is InChI=1S/C18H16N2O3/c1-21-15-6-11(7-16-18(15)23-10-22-16)12-8-17-19-13-4-2-3-5-14(13)20(17)9-12/h2-7,12H,8-10H2,1H3. The Balaban J connectivity index is 1.54. The normalized spacial score (nSPS) is 18.4. The minimum Gasteiger partial charge on any atom is -0.493 e. The largest absolute Gasteiger partial charge is 0.493 e. The van der Waals surface area contributed by atoms with Crippen LogP contribution in [0.15, 0.2) is 36.4 Å². The minimum absolute atomic E-state index is 0.256. The monoisotopic (exact) mass is 308 g/mol. The van der Waals surface area contributed by atoms with E-state index in [1.54, 1.807) is 7.11 Å². The van der Waals surface area contributed by atoms with Gasteiger partial charge in [-0.25, -0.2) is 4.98 Å². The summed E-state index contributed by atoms with van der Waals surface area (Å²) in [6.07, 6.45) is 0.928. The van der Waals surface area contributed by atoms with Gasteiger partial charge in [0.15, 0.2) is 11.5 Å². The highest BCUT2D eigenvalue weighted by Gasteiger charge is 2.29. The van der Waals surface area contributed by atoms with Crippen LogP contribution in [-0.4, -0.2) is 23.5 Å². The molecule has 0 spiro atoms. The predicted octanol–water partition coefficient (Wildman–Crippen LogP) is 3.11. The number of rotatable bonds is 2. The number of ether oxygens (including phenoxy) is 3. The molecule has 5 rings (SSSR count). The molecule has 5 heteroatoms. The molecule has 0 N–H and O–H groups in total. The Hall–Kier alpha value is -2.69. The third kappa shape index (κ3) is 1.82. The van der Waals surface area contributed by atoms with E-state index in [0.29, 0.717) is 11.7 Å². The molecule has 1 atom stereocenters. The van der Waals surface area contributed by atoms with Gasteiger partial charge in [-0.15, -0.1) is 0 Å². The second-order valence-electron chi connectivity index (χ2n) is 5.99. The van der Waals surface area contributed by atoms with Crippen molar-refractivity contribution in [2.24, 2.45) is 0 Å². The smallest absolute Gasteiger partial charge is 0.231 e. The fourth-order valence-corrected chi connectivity index (χ4v) is 3.60. The summed E-state index contributed by atoms with van der Waals surface area (Å²) in [4.78, 5) is 4.76. The van der Waals surface area contributed by atoms with Crippen molar-refractivity contribution in [1.29, 1.82) is 0 Å². The number of methoxy groups -OCH3 is 1. The van der Waals surface area contributed by atoms with Gasteiger partial charge < -0.3 is 18.8 Å². The van der Waals surface area contributed by atoms with E-state index in [9.17, 15) is 0 Å². The second kappa shape index (κ2) is 4.65. The zero-order chi connectivity index (χ0) is 15.4. The van der Waals surface area contributed by atoms with E-state index in [1.165, 1.54) is 11.1 Å². The van der Waals surface area contributed by atoms with E-state index in [1.807, 2.05) is 6.07 Å². The van der Waals surface area contributed by atoms with Crippen molar-refractivity contribution >= 4 is 11.0 Å². The van der Waals surface area contributed by atoms with Crippen molar-refractivity contribution in [3.05, 3.63) is 47.8 Å². The van der Waals surface area contributed by atoms with Crippen LogP contribution < -0.4 is 14.2 Å². The zero-order valence-electron chi connectivity index (χ0n) is 12.8. The van der Waals surface area contributed by atoms with Gasteiger partial charge in [0.25, 0.3) is 0 Å². The van der Waals surface area contributed by atoms with Gasteiger partial charge in [0.2, 0.25) is 12.5 Å². The van der Waals surface area contributed by atoms with Gasteiger partial charge >= 0.3 is 0 Å². The Morgan fingerprint density at radius 3 is 3.04 bits per heavy atom. The lowest BCUT2D eigenvalue weighted by Gasteiger charge is -2.13. The molecule has 2 aromatic carbocycles. The molecule has 3 aromatic rings. The Kier molecular flexibility index (Phi) is 2.59. The van der Waals surface area contributed by atoms with Gasteiger partial charge in [-0.3, -0.25) is 0 Å². The summed E-state index contributed by atoms with van der Waals surface area (Å²) in [5.74, 6) is 3.74. The van der Waals surface area contributed by atoms with Crippen LogP contribution >= 0.6 is 0 Å². The van der Waals surface area contributed by atoms with Gasteiger partial charge in [0, 0.05) is 18.9 Å². The van der Waals surface area contributed by atoms with Crippen molar-refractivity contribution in [2.45, 2.75) is 18.9 Å². The molecule has 0 radical (unpaired) electrons. The highest BCUT2D eigenvalue weighted by atomic mass is 16.7. The van der Waals surface area contributed by atoms with Crippen LogP contribution in [-0.2, 0) is 13.0 Å². The van der Waals surface area contributed by atoms with E-state index in [4.69, 9.17) is 19.2 Å². The first-order chi connectivity index (χ1) is 11.3. The third-order valence-corrected chi connectivity index (χ3v) is 4.72. The van der Waals surface area contributed by atoms with Crippen LogP contribution in [0, 0.1) is 0 Å². The molecule has 0 aliphatic carbocycles. The highest BCUT2D eigenvalue weighted by Crippen LogP contribution is 2.45. The fraction of sp³-hybridized carbons (Fsp3) is 0.278. The number of fused-ring (bicyclic) bond motifs is 4. The summed E-state index contributed by atoms with van der Waals surface area (Å²) < 4.78 is 18.8. The lowest BCUT2D eigenvalue weighted by molar-refractivity contribution is 0.171. The molecular formula is C18H16N2O3. The van der Waals surface area contributed by atoms with Crippen LogP contribution in [0.25, 0.3) is 11.0 Å². The molecule has 2 aliphatic heterocycles. The van der Waals surface area contributed by atoms with E-state index < -0.39 is 0 Å². The van der Waals surface area contributed by atoms with Crippen molar-refractivity contribution < 1.29 is 14.2 Å². The molecule has 0 amide bonds. The van der Waals surface area contributed by atoms with E-state index in [-0.39, 0.29) is 6.79 Å². The number of para-hydroxylation sites is 2. The molecule has 116 valence electrons. The molecule has 23 heavy (non-hydrogen) atoms. The summed E-state index contributed by atoms with van der Waals surface area (Å²) in [5.41, 5.74) is 3.49. The van der Waals surface area contributed by atoms with Gasteiger partial charge in [-0.2, -0.15) is 0 Å². The van der Waals surface area contributed by atoms with Crippen molar-refractivity contribution in [2.75, 3.05) is 13.9 Å². The van der Waals surface area contributed by atoms with E-state index >= 15 is 0 Å². The molecule has 0 bridgehead atoms.